The van der Waals surface area contributed by atoms with Crippen molar-refractivity contribution in [2.75, 3.05) is 11.5 Å². The first kappa shape index (κ1) is 16.8. The molecular formula is C8H14O6S3. The molecule has 2 unspecified atom stereocenters. The van der Waals surface area contributed by atoms with Gasteiger partial charge in [-0.1, -0.05) is 21.6 Å². The summed E-state index contributed by atoms with van der Waals surface area (Å²) in [5.74, 6) is -1.43. The van der Waals surface area contributed by atoms with Gasteiger partial charge in [0, 0.05) is 11.5 Å². The molecule has 9 heteroatoms. The summed E-state index contributed by atoms with van der Waals surface area (Å²) >= 11 is -1.78. The molecule has 0 aliphatic heterocycles. The number of hydrogen-bond donors (Lipinski definition) is 3. The molecule has 17 heavy (non-hydrogen) atoms. The predicted octanol–water partition coefficient (Wildman–Crippen LogP) is 1.30. The Bertz CT molecular complexity index is 282. The zero-order valence-electron chi connectivity index (χ0n) is 8.90. The van der Waals surface area contributed by atoms with Gasteiger partial charge in [-0.3, -0.25) is 9.59 Å². The Morgan fingerprint density at radius 1 is 1.24 bits per heavy atom. The van der Waals surface area contributed by atoms with E-state index in [4.69, 9.17) is 14.8 Å². The van der Waals surface area contributed by atoms with Crippen molar-refractivity contribution in [3.05, 3.63) is 0 Å². The molecule has 0 saturated carbocycles. The van der Waals surface area contributed by atoms with E-state index in [0.29, 0.717) is 18.6 Å². The first-order chi connectivity index (χ1) is 7.93. The zero-order chi connectivity index (χ0) is 13.3. The fourth-order valence-electron chi connectivity index (χ4n) is 0.838. The summed E-state index contributed by atoms with van der Waals surface area (Å²) in [6.45, 7) is 0. The first-order valence-electron chi connectivity index (χ1n) is 4.73. The van der Waals surface area contributed by atoms with Gasteiger partial charge in [0.15, 0.2) is 11.1 Å². The van der Waals surface area contributed by atoms with Crippen LogP contribution in [0.5, 0.6) is 0 Å². The van der Waals surface area contributed by atoms with Crippen LogP contribution in [-0.4, -0.2) is 47.7 Å². The molecular weight excluding hydrogens is 288 g/mol. The third-order valence-electron chi connectivity index (χ3n) is 1.62. The second-order valence-electron chi connectivity index (χ2n) is 3.08. The van der Waals surface area contributed by atoms with Crippen molar-refractivity contribution < 1.29 is 28.6 Å². The summed E-state index contributed by atoms with van der Waals surface area (Å²) in [4.78, 5) is 21.1. The van der Waals surface area contributed by atoms with Gasteiger partial charge in [0.05, 0.1) is 6.42 Å². The molecule has 0 aromatic heterocycles. The van der Waals surface area contributed by atoms with Gasteiger partial charge >= 0.3 is 11.9 Å². The van der Waals surface area contributed by atoms with Gasteiger partial charge in [-0.2, -0.15) is 0 Å². The van der Waals surface area contributed by atoms with Gasteiger partial charge in [0.25, 0.3) is 0 Å². The van der Waals surface area contributed by atoms with E-state index < -0.39 is 34.7 Å². The van der Waals surface area contributed by atoms with Crippen LogP contribution in [0.25, 0.3) is 0 Å². The standard InChI is InChI=1S/C8H14O6S3/c9-7(10)5-6(8(11)12)16-15-3-1-2-4-17(13)14/h6H,1-5H2,(H,9,10)(H,11,12)(H,13,14). The molecule has 0 spiro atoms. The third kappa shape index (κ3) is 10.6. The van der Waals surface area contributed by atoms with Crippen molar-refractivity contribution in [1.82, 2.24) is 0 Å². The van der Waals surface area contributed by atoms with E-state index >= 15 is 0 Å². The lowest BCUT2D eigenvalue weighted by Gasteiger charge is -2.08. The Hall–Kier alpha value is -0.250. The molecule has 0 fully saturated rings. The highest BCUT2D eigenvalue weighted by Crippen LogP contribution is 2.29. The van der Waals surface area contributed by atoms with Crippen LogP contribution in [0.4, 0.5) is 0 Å². The molecule has 100 valence electrons. The molecule has 0 aliphatic rings. The highest BCUT2D eigenvalue weighted by Gasteiger charge is 2.21. The van der Waals surface area contributed by atoms with E-state index in [-0.39, 0.29) is 5.75 Å². The molecule has 0 heterocycles. The summed E-state index contributed by atoms with van der Waals surface area (Å²) in [6, 6.07) is 0. The maximum Gasteiger partial charge on any atom is 0.318 e. The van der Waals surface area contributed by atoms with E-state index in [1.807, 2.05) is 0 Å². The van der Waals surface area contributed by atoms with Gasteiger partial charge in [-0.25, -0.2) is 4.21 Å². The lowest BCUT2D eigenvalue weighted by Crippen LogP contribution is -2.19. The van der Waals surface area contributed by atoms with Crippen molar-refractivity contribution in [3.8, 4) is 0 Å². The van der Waals surface area contributed by atoms with Crippen molar-refractivity contribution in [2.24, 2.45) is 0 Å². The molecule has 0 aliphatic carbocycles. The molecule has 0 radical (unpaired) electrons. The number of aliphatic carboxylic acids is 2. The highest BCUT2D eigenvalue weighted by molar-refractivity contribution is 8.77. The van der Waals surface area contributed by atoms with Crippen LogP contribution in [-0.2, 0) is 20.7 Å². The number of carbonyl (C=O) groups is 2. The molecule has 0 amide bonds. The lowest BCUT2D eigenvalue weighted by molar-refractivity contribution is -0.142. The van der Waals surface area contributed by atoms with Crippen molar-refractivity contribution in [3.63, 3.8) is 0 Å². The number of carboxylic acids is 2. The van der Waals surface area contributed by atoms with Gasteiger partial charge in [0.1, 0.15) is 5.25 Å². The molecule has 2 atom stereocenters. The van der Waals surface area contributed by atoms with E-state index in [1.54, 1.807) is 0 Å². The number of unbranched alkanes of at least 4 members (excludes halogenated alkanes) is 1. The zero-order valence-corrected chi connectivity index (χ0v) is 11.4. The van der Waals surface area contributed by atoms with Gasteiger partial charge in [0.2, 0.25) is 0 Å². The molecule has 0 saturated heterocycles. The molecule has 6 nitrogen and oxygen atoms in total. The van der Waals surface area contributed by atoms with Crippen LogP contribution in [0.3, 0.4) is 0 Å². The predicted molar refractivity (Wildman–Crippen MR) is 68.6 cm³/mol. The minimum absolute atomic E-state index is 0.211. The Labute approximate surface area is 109 Å². The van der Waals surface area contributed by atoms with Crippen LogP contribution in [0.15, 0.2) is 0 Å². The van der Waals surface area contributed by atoms with E-state index in [1.165, 1.54) is 10.8 Å². The number of hydrogen-bond acceptors (Lipinski definition) is 5. The van der Waals surface area contributed by atoms with E-state index in [0.717, 1.165) is 10.8 Å². The average molecular weight is 302 g/mol. The SMILES string of the molecule is O=C(O)CC(SSCCCCS(=O)O)C(=O)O. The molecule has 0 aromatic carbocycles. The average Bonchev–Trinajstić information content (AvgIpc) is 2.20. The monoisotopic (exact) mass is 302 g/mol. The summed E-state index contributed by atoms with van der Waals surface area (Å²) in [5, 5.41) is 16.3. The third-order valence-corrected chi connectivity index (χ3v) is 5.05. The van der Waals surface area contributed by atoms with Crippen LogP contribution in [0, 0.1) is 0 Å². The Kier molecular flexibility index (Phi) is 9.60. The minimum Gasteiger partial charge on any atom is -0.481 e. The summed E-state index contributed by atoms with van der Waals surface area (Å²) in [7, 11) is 2.29. The van der Waals surface area contributed by atoms with E-state index in [2.05, 4.69) is 0 Å². The van der Waals surface area contributed by atoms with Crippen LogP contribution >= 0.6 is 21.6 Å². The molecule has 0 bridgehead atoms. The largest absolute Gasteiger partial charge is 0.481 e. The molecule has 3 N–H and O–H groups in total. The highest BCUT2D eigenvalue weighted by atomic mass is 33.1. The molecule has 0 aromatic rings. The van der Waals surface area contributed by atoms with Crippen LogP contribution in [0.2, 0.25) is 0 Å². The van der Waals surface area contributed by atoms with Gasteiger partial charge < -0.3 is 14.8 Å². The smallest absolute Gasteiger partial charge is 0.318 e. The van der Waals surface area contributed by atoms with Crippen LogP contribution < -0.4 is 0 Å². The van der Waals surface area contributed by atoms with Crippen LogP contribution in [0.1, 0.15) is 19.3 Å². The Morgan fingerprint density at radius 3 is 2.35 bits per heavy atom. The Balaban J connectivity index is 3.65. The number of rotatable bonds is 10. The summed E-state index contributed by atoms with van der Waals surface area (Å²) in [6.07, 6.45) is 0.879. The second-order valence-corrected chi connectivity index (χ2v) is 6.82. The normalized spacial score (nSPS) is 14.2. The van der Waals surface area contributed by atoms with Crippen molar-refractivity contribution in [2.45, 2.75) is 24.5 Å². The van der Waals surface area contributed by atoms with E-state index in [9.17, 15) is 13.8 Å². The second kappa shape index (κ2) is 9.75. The maximum atomic E-state index is 10.7. The fraction of sp³-hybridized carbons (Fsp3) is 0.750. The molecule has 0 rings (SSSR count). The first-order valence-corrected chi connectivity index (χ1v) is 8.39. The van der Waals surface area contributed by atoms with Gasteiger partial charge in [-0.15, -0.1) is 0 Å². The minimum atomic E-state index is -1.78. The summed E-state index contributed by atoms with van der Waals surface area (Å²) < 4.78 is 18.8. The fourth-order valence-corrected chi connectivity index (χ4v) is 3.75. The summed E-state index contributed by atoms with van der Waals surface area (Å²) in [5.41, 5.74) is 0. The topological polar surface area (TPSA) is 112 Å². The number of carboxylic acid groups (broad SMARTS) is 2. The Morgan fingerprint density at radius 2 is 1.88 bits per heavy atom. The maximum absolute atomic E-state index is 10.7. The van der Waals surface area contributed by atoms with Gasteiger partial charge in [-0.05, 0) is 12.8 Å². The van der Waals surface area contributed by atoms with Crippen molar-refractivity contribution in [1.29, 1.82) is 0 Å². The lowest BCUT2D eigenvalue weighted by atomic mass is 10.3. The quantitative estimate of drug-likeness (QED) is 0.314. The van der Waals surface area contributed by atoms with Crippen molar-refractivity contribution >= 4 is 44.6 Å².